The average Bonchev–Trinajstić information content (AvgIpc) is 2.70. The zero-order valence-electron chi connectivity index (χ0n) is 20.8. The standard InChI is InChI=1S/C25H37N3O6/c1-6-33-21(30)14-15-26-23(31)22(18-12-10-17(2)11-13-18)28(19-8-7-9-19)20(29)16-27-24(32)34-25(3,4)5/h10-13,19,22H,6-9,14-16H2,1-5H3,(H,26,31)(H,27,32). The summed E-state index contributed by atoms with van der Waals surface area (Å²) in [4.78, 5) is 51.9. The number of amides is 3. The van der Waals surface area contributed by atoms with Gasteiger partial charge in [-0.05, 0) is 59.4 Å². The summed E-state index contributed by atoms with van der Waals surface area (Å²) in [6.07, 6.45) is 1.85. The van der Waals surface area contributed by atoms with Crippen molar-refractivity contribution in [2.24, 2.45) is 0 Å². The molecule has 0 spiro atoms. The molecule has 1 aliphatic rings. The summed E-state index contributed by atoms with van der Waals surface area (Å²) in [5.74, 6) is -1.16. The number of carbonyl (C=O) groups is 4. The van der Waals surface area contributed by atoms with E-state index in [1.807, 2.05) is 31.2 Å². The predicted octanol–water partition coefficient (Wildman–Crippen LogP) is 3.01. The molecule has 188 valence electrons. The Labute approximate surface area is 201 Å². The SMILES string of the molecule is CCOC(=O)CCNC(=O)C(c1ccc(C)cc1)N(C(=O)CNC(=O)OC(C)(C)C)C1CCC1. The first kappa shape index (κ1) is 27.1. The second-order valence-electron chi connectivity index (χ2n) is 9.40. The van der Waals surface area contributed by atoms with E-state index in [2.05, 4.69) is 10.6 Å². The molecule has 1 fully saturated rings. The fourth-order valence-corrected chi connectivity index (χ4v) is 3.58. The van der Waals surface area contributed by atoms with E-state index in [4.69, 9.17) is 9.47 Å². The number of carbonyl (C=O) groups excluding carboxylic acids is 4. The lowest BCUT2D eigenvalue weighted by Gasteiger charge is -2.42. The summed E-state index contributed by atoms with van der Waals surface area (Å²) < 4.78 is 10.1. The third kappa shape index (κ3) is 8.35. The lowest BCUT2D eigenvalue weighted by molar-refractivity contribution is -0.146. The molecule has 1 saturated carbocycles. The molecule has 3 amide bonds. The van der Waals surface area contributed by atoms with Crippen molar-refractivity contribution in [3.63, 3.8) is 0 Å². The normalized spacial score (nSPS) is 14.4. The Balaban J connectivity index is 2.21. The van der Waals surface area contributed by atoms with Crippen LogP contribution in [0.4, 0.5) is 4.79 Å². The van der Waals surface area contributed by atoms with Crippen LogP contribution >= 0.6 is 0 Å². The van der Waals surface area contributed by atoms with Gasteiger partial charge in [0.25, 0.3) is 0 Å². The molecule has 0 aromatic heterocycles. The van der Waals surface area contributed by atoms with Crippen molar-refractivity contribution < 1.29 is 28.7 Å². The number of esters is 1. The van der Waals surface area contributed by atoms with Gasteiger partial charge in [-0.25, -0.2) is 4.79 Å². The molecule has 0 bridgehead atoms. The molecule has 0 heterocycles. The Kier molecular flexibility index (Phi) is 9.89. The Morgan fingerprint density at radius 2 is 1.74 bits per heavy atom. The van der Waals surface area contributed by atoms with E-state index in [-0.39, 0.29) is 44.0 Å². The molecule has 0 aliphatic heterocycles. The highest BCUT2D eigenvalue weighted by molar-refractivity contribution is 5.91. The molecule has 34 heavy (non-hydrogen) atoms. The van der Waals surface area contributed by atoms with Gasteiger partial charge in [0.1, 0.15) is 18.2 Å². The van der Waals surface area contributed by atoms with Crippen LogP contribution in [0.5, 0.6) is 0 Å². The van der Waals surface area contributed by atoms with E-state index >= 15 is 0 Å². The van der Waals surface area contributed by atoms with E-state index in [1.54, 1.807) is 32.6 Å². The third-order valence-electron chi connectivity index (χ3n) is 5.39. The fraction of sp³-hybridized carbons (Fsp3) is 0.600. The first-order valence-electron chi connectivity index (χ1n) is 11.8. The predicted molar refractivity (Wildman–Crippen MR) is 127 cm³/mol. The largest absolute Gasteiger partial charge is 0.466 e. The molecule has 1 aliphatic carbocycles. The van der Waals surface area contributed by atoms with Gasteiger partial charge >= 0.3 is 12.1 Å². The van der Waals surface area contributed by atoms with Gasteiger partial charge < -0.3 is 25.0 Å². The Hall–Kier alpha value is -3.10. The van der Waals surface area contributed by atoms with E-state index in [0.29, 0.717) is 5.56 Å². The Morgan fingerprint density at radius 1 is 1.09 bits per heavy atom. The van der Waals surface area contributed by atoms with Crippen molar-refractivity contribution >= 4 is 23.9 Å². The number of rotatable bonds is 10. The van der Waals surface area contributed by atoms with Crippen LogP contribution in [0.1, 0.15) is 70.5 Å². The molecule has 0 saturated heterocycles. The molecule has 1 aromatic rings. The van der Waals surface area contributed by atoms with Crippen LogP contribution in [-0.2, 0) is 23.9 Å². The molecular weight excluding hydrogens is 438 g/mol. The molecule has 2 rings (SSSR count). The smallest absolute Gasteiger partial charge is 0.408 e. The second kappa shape index (κ2) is 12.4. The highest BCUT2D eigenvalue weighted by Crippen LogP contribution is 2.33. The van der Waals surface area contributed by atoms with Crippen LogP contribution in [0, 0.1) is 6.92 Å². The van der Waals surface area contributed by atoms with E-state index in [1.165, 1.54) is 0 Å². The van der Waals surface area contributed by atoms with Crippen LogP contribution in [0.3, 0.4) is 0 Å². The van der Waals surface area contributed by atoms with Gasteiger partial charge in [-0.15, -0.1) is 0 Å². The third-order valence-corrected chi connectivity index (χ3v) is 5.39. The second-order valence-corrected chi connectivity index (χ2v) is 9.40. The number of benzene rings is 1. The lowest BCUT2D eigenvalue weighted by atomic mass is 9.88. The highest BCUT2D eigenvalue weighted by atomic mass is 16.6. The van der Waals surface area contributed by atoms with Crippen molar-refractivity contribution in [1.82, 2.24) is 15.5 Å². The van der Waals surface area contributed by atoms with Crippen LogP contribution in [0.2, 0.25) is 0 Å². The molecule has 9 nitrogen and oxygen atoms in total. The number of hydrogen-bond donors (Lipinski definition) is 2. The maximum absolute atomic E-state index is 13.3. The summed E-state index contributed by atoms with van der Waals surface area (Å²) in [6.45, 7) is 8.96. The van der Waals surface area contributed by atoms with Crippen molar-refractivity contribution in [2.45, 2.75) is 78.0 Å². The minimum Gasteiger partial charge on any atom is -0.466 e. The highest BCUT2D eigenvalue weighted by Gasteiger charge is 2.38. The van der Waals surface area contributed by atoms with Crippen molar-refractivity contribution in [3.8, 4) is 0 Å². The summed E-state index contributed by atoms with van der Waals surface area (Å²) in [7, 11) is 0. The quantitative estimate of drug-likeness (QED) is 0.503. The summed E-state index contributed by atoms with van der Waals surface area (Å²) in [5.41, 5.74) is 0.999. The zero-order valence-corrected chi connectivity index (χ0v) is 20.8. The molecule has 2 N–H and O–H groups in total. The van der Waals surface area contributed by atoms with Gasteiger partial charge in [-0.3, -0.25) is 14.4 Å². The maximum atomic E-state index is 13.3. The number of alkyl carbamates (subject to hydrolysis) is 1. The topological polar surface area (TPSA) is 114 Å². The van der Waals surface area contributed by atoms with Crippen molar-refractivity contribution in [1.29, 1.82) is 0 Å². The Morgan fingerprint density at radius 3 is 2.26 bits per heavy atom. The first-order chi connectivity index (χ1) is 16.0. The lowest BCUT2D eigenvalue weighted by Crippen LogP contribution is -2.54. The van der Waals surface area contributed by atoms with Crippen LogP contribution < -0.4 is 10.6 Å². The first-order valence-corrected chi connectivity index (χ1v) is 11.8. The van der Waals surface area contributed by atoms with Gasteiger partial charge in [0.15, 0.2) is 0 Å². The minimum atomic E-state index is -0.888. The van der Waals surface area contributed by atoms with Crippen LogP contribution in [-0.4, -0.2) is 60.1 Å². The fourth-order valence-electron chi connectivity index (χ4n) is 3.58. The zero-order chi connectivity index (χ0) is 25.3. The number of aryl methyl sites for hydroxylation is 1. The summed E-state index contributed by atoms with van der Waals surface area (Å²) in [6, 6.07) is 6.42. The molecule has 1 aromatic carbocycles. The summed E-state index contributed by atoms with van der Waals surface area (Å²) >= 11 is 0. The van der Waals surface area contributed by atoms with E-state index < -0.39 is 23.7 Å². The van der Waals surface area contributed by atoms with Crippen molar-refractivity contribution in [2.75, 3.05) is 19.7 Å². The minimum absolute atomic E-state index is 0.0395. The molecule has 1 unspecified atom stereocenters. The van der Waals surface area contributed by atoms with Gasteiger partial charge in [0.05, 0.1) is 13.0 Å². The van der Waals surface area contributed by atoms with Crippen LogP contribution in [0.25, 0.3) is 0 Å². The molecule has 1 atom stereocenters. The average molecular weight is 476 g/mol. The Bertz CT molecular complexity index is 858. The number of nitrogens with one attached hydrogen (secondary N) is 2. The molecule has 9 heteroatoms. The number of hydrogen-bond acceptors (Lipinski definition) is 6. The van der Waals surface area contributed by atoms with E-state index in [9.17, 15) is 19.2 Å². The number of nitrogens with zero attached hydrogens (tertiary/aromatic N) is 1. The van der Waals surface area contributed by atoms with Gasteiger partial charge in [0.2, 0.25) is 11.8 Å². The van der Waals surface area contributed by atoms with Crippen molar-refractivity contribution in [3.05, 3.63) is 35.4 Å². The van der Waals surface area contributed by atoms with Gasteiger partial charge in [0, 0.05) is 12.6 Å². The van der Waals surface area contributed by atoms with Crippen LogP contribution in [0.15, 0.2) is 24.3 Å². The number of ether oxygens (including phenoxy) is 2. The monoisotopic (exact) mass is 475 g/mol. The van der Waals surface area contributed by atoms with Gasteiger partial charge in [-0.1, -0.05) is 29.8 Å². The van der Waals surface area contributed by atoms with E-state index in [0.717, 1.165) is 24.8 Å². The summed E-state index contributed by atoms with van der Waals surface area (Å²) in [5, 5.41) is 5.28. The maximum Gasteiger partial charge on any atom is 0.408 e. The molecule has 0 radical (unpaired) electrons. The molecular formula is C25H37N3O6. The van der Waals surface area contributed by atoms with Gasteiger partial charge in [-0.2, -0.15) is 0 Å².